The van der Waals surface area contributed by atoms with E-state index in [4.69, 9.17) is 0 Å². The zero-order valence-corrected chi connectivity index (χ0v) is 13.8. The van der Waals surface area contributed by atoms with Crippen molar-refractivity contribution in [1.29, 1.82) is 0 Å². The normalized spacial score (nSPS) is 12.1. The lowest BCUT2D eigenvalue weighted by Gasteiger charge is -2.15. The van der Waals surface area contributed by atoms with Gasteiger partial charge in [-0.3, -0.25) is 9.48 Å². The molecule has 1 amide bonds. The summed E-state index contributed by atoms with van der Waals surface area (Å²) in [6, 6.07) is 7.83. The first-order valence-electron chi connectivity index (χ1n) is 7.85. The zero-order valence-electron chi connectivity index (χ0n) is 13.8. The summed E-state index contributed by atoms with van der Waals surface area (Å²) in [6.07, 6.45) is 7.27. The lowest BCUT2D eigenvalue weighted by Crippen LogP contribution is -2.27. The molecule has 7 heteroatoms. The largest absolute Gasteiger partial charge is 0.350 e. The number of aromatic nitrogens is 5. The Bertz CT molecular complexity index is 791. The molecule has 1 atom stereocenters. The Balaban J connectivity index is 1.54. The molecule has 0 saturated heterocycles. The van der Waals surface area contributed by atoms with Crippen molar-refractivity contribution in [2.24, 2.45) is 0 Å². The van der Waals surface area contributed by atoms with Gasteiger partial charge in [-0.15, -0.1) is 0 Å². The van der Waals surface area contributed by atoms with Crippen molar-refractivity contribution in [3.63, 3.8) is 0 Å². The molecular weight excluding hydrogens is 304 g/mol. The summed E-state index contributed by atoms with van der Waals surface area (Å²) in [7, 11) is 0. The van der Waals surface area contributed by atoms with E-state index in [0.29, 0.717) is 13.0 Å². The van der Waals surface area contributed by atoms with E-state index < -0.39 is 0 Å². The van der Waals surface area contributed by atoms with E-state index in [0.717, 1.165) is 16.8 Å². The van der Waals surface area contributed by atoms with E-state index in [1.807, 2.05) is 44.3 Å². The van der Waals surface area contributed by atoms with Crippen molar-refractivity contribution >= 4 is 5.91 Å². The molecule has 0 fully saturated rings. The molecule has 0 aliphatic heterocycles. The molecule has 124 valence electrons. The molecule has 3 aromatic rings. The third-order valence-corrected chi connectivity index (χ3v) is 3.78. The molecule has 0 saturated carbocycles. The third kappa shape index (κ3) is 3.87. The van der Waals surface area contributed by atoms with Gasteiger partial charge in [-0.05, 0) is 37.1 Å². The maximum Gasteiger partial charge on any atom is 0.222 e. The Labute approximate surface area is 140 Å². The molecule has 0 aliphatic carbocycles. The molecular formula is C17H20N6O. The van der Waals surface area contributed by atoms with Crippen LogP contribution >= 0.6 is 0 Å². The lowest BCUT2D eigenvalue weighted by atomic mass is 10.1. The summed E-state index contributed by atoms with van der Waals surface area (Å²) in [4.78, 5) is 16.0. The molecule has 24 heavy (non-hydrogen) atoms. The molecule has 7 nitrogen and oxygen atoms in total. The highest BCUT2D eigenvalue weighted by Crippen LogP contribution is 2.15. The number of benzene rings is 1. The van der Waals surface area contributed by atoms with Gasteiger partial charge in [0.05, 0.1) is 17.9 Å². The van der Waals surface area contributed by atoms with Crippen LogP contribution in [0.1, 0.15) is 30.5 Å². The summed E-state index contributed by atoms with van der Waals surface area (Å²) in [6.45, 7) is 4.53. The second kappa shape index (κ2) is 7.08. The Morgan fingerprint density at radius 3 is 2.67 bits per heavy atom. The summed E-state index contributed by atoms with van der Waals surface area (Å²) in [5.41, 5.74) is 3.07. The summed E-state index contributed by atoms with van der Waals surface area (Å²) in [5.74, 6) is 0.0102. The quantitative estimate of drug-likeness (QED) is 0.753. The van der Waals surface area contributed by atoms with Crippen LogP contribution in [0.2, 0.25) is 0 Å². The first-order chi connectivity index (χ1) is 11.6. The van der Waals surface area contributed by atoms with Gasteiger partial charge in [0.1, 0.15) is 12.7 Å². The number of amides is 1. The number of nitrogens with one attached hydrogen (secondary N) is 1. The van der Waals surface area contributed by atoms with E-state index in [1.165, 1.54) is 6.33 Å². The zero-order chi connectivity index (χ0) is 16.9. The summed E-state index contributed by atoms with van der Waals surface area (Å²) in [5, 5.41) is 11.3. The number of carbonyl (C=O) groups is 1. The van der Waals surface area contributed by atoms with Crippen LogP contribution in [-0.2, 0) is 11.3 Å². The van der Waals surface area contributed by atoms with E-state index in [-0.39, 0.29) is 11.9 Å². The van der Waals surface area contributed by atoms with E-state index in [1.54, 1.807) is 21.9 Å². The second-order valence-electron chi connectivity index (χ2n) is 5.75. The van der Waals surface area contributed by atoms with Crippen LogP contribution in [0.4, 0.5) is 0 Å². The van der Waals surface area contributed by atoms with Crippen molar-refractivity contribution in [3.05, 3.63) is 60.4 Å². The average molecular weight is 324 g/mol. The predicted molar refractivity (Wildman–Crippen MR) is 89.5 cm³/mol. The van der Waals surface area contributed by atoms with Crippen LogP contribution in [-0.4, -0.2) is 30.5 Å². The first kappa shape index (κ1) is 15.9. The van der Waals surface area contributed by atoms with Crippen molar-refractivity contribution in [1.82, 2.24) is 29.9 Å². The fraction of sp³-hybridized carbons (Fsp3) is 0.294. The van der Waals surface area contributed by atoms with Gasteiger partial charge in [0, 0.05) is 19.2 Å². The van der Waals surface area contributed by atoms with Gasteiger partial charge in [-0.25, -0.2) is 9.67 Å². The van der Waals surface area contributed by atoms with Crippen LogP contribution in [0.15, 0.2) is 49.3 Å². The maximum absolute atomic E-state index is 12.1. The molecule has 1 N–H and O–H groups in total. The van der Waals surface area contributed by atoms with Gasteiger partial charge in [-0.1, -0.05) is 12.1 Å². The fourth-order valence-corrected chi connectivity index (χ4v) is 2.46. The second-order valence-corrected chi connectivity index (χ2v) is 5.75. The number of rotatable bonds is 6. The SMILES string of the molecule is Cc1cnn(CCC(=O)N[C@@H](C)c2ccc(-n3cncn3)cc2)c1. The summed E-state index contributed by atoms with van der Waals surface area (Å²) < 4.78 is 3.48. The Hall–Kier alpha value is -2.96. The average Bonchev–Trinajstić information content (AvgIpc) is 3.25. The minimum atomic E-state index is -0.0540. The van der Waals surface area contributed by atoms with Crippen LogP contribution in [0, 0.1) is 6.92 Å². The topological polar surface area (TPSA) is 77.6 Å². The predicted octanol–water partition coefficient (Wildman–Crippen LogP) is 2.04. The Morgan fingerprint density at radius 1 is 1.25 bits per heavy atom. The molecule has 3 rings (SSSR count). The Morgan fingerprint density at radius 2 is 2.04 bits per heavy atom. The van der Waals surface area contributed by atoms with Crippen molar-refractivity contribution in [2.75, 3.05) is 0 Å². The number of hydrogen-bond donors (Lipinski definition) is 1. The molecule has 2 heterocycles. The van der Waals surface area contributed by atoms with Crippen LogP contribution < -0.4 is 5.32 Å². The first-order valence-corrected chi connectivity index (χ1v) is 7.85. The van der Waals surface area contributed by atoms with Gasteiger partial charge in [0.2, 0.25) is 5.91 Å². The minimum Gasteiger partial charge on any atom is -0.350 e. The number of nitrogens with zero attached hydrogens (tertiary/aromatic N) is 5. The Kier molecular flexibility index (Phi) is 4.69. The van der Waals surface area contributed by atoms with E-state index in [2.05, 4.69) is 20.5 Å². The van der Waals surface area contributed by atoms with Gasteiger partial charge < -0.3 is 5.32 Å². The van der Waals surface area contributed by atoms with Gasteiger partial charge in [0.15, 0.2) is 0 Å². The molecule has 0 radical (unpaired) electrons. The maximum atomic E-state index is 12.1. The van der Waals surface area contributed by atoms with Gasteiger partial charge in [0.25, 0.3) is 0 Å². The molecule has 1 aromatic carbocycles. The highest BCUT2D eigenvalue weighted by molar-refractivity contribution is 5.76. The molecule has 0 unspecified atom stereocenters. The number of hydrogen-bond acceptors (Lipinski definition) is 4. The van der Waals surface area contributed by atoms with E-state index >= 15 is 0 Å². The van der Waals surface area contributed by atoms with Crippen LogP contribution in [0.25, 0.3) is 5.69 Å². The monoisotopic (exact) mass is 324 g/mol. The fourth-order valence-electron chi connectivity index (χ4n) is 2.46. The molecule has 0 bridgehead atoms. The van der Waals surface area contributed by atoms with E-state index in [9.17, 15) is 4.79 Å². The lowest BCUT2D eigenvalue weighted by molar-refractivity contribution is -0.122. The number of carbonyl (C=O) groups excluding carboxylic acids is 1. The summed E-state index contributed by atoms with van der Waals surface area (Å²) >= 11 is 0. The smallest absolute Gasteiger partial charge is 0.222 e. The molecule has 0 aliphatic rings. The van der Waals surface area contributed by atoms with Crippen molar-refractivity contribution < 1.29 is 4.79 Å². The standard InChI is InChI=1S/C17H20N6O/c1-13-9-19-22(10-13)8-7-17(24)21-14(2)15-3-5-16(6-4-15)23-12-18-11-20-23/h3-6,9-12,14H,7-8H2,1-2H3,(H,21,24)/t14-/m0/s1. The van der Waals surface area contributed by atoms with Gasteiger partial charge in [-0.2, -0.15) is 10.2 Å². The van der Waals surface area contributed by atoms with Crippen molar-refractivity contribution in [3.8, 4) is 5.69 Å². The highest BCUT2D eigenvalue weighted by atomic mass is 16.1. The highest BCUT2D eigenvalue weighted by Gasteiger charge is 2.10. The van der Waals surface area contributed by atoms with Gasteiger partial charge >= 0.3 is 0 Å². The minimum absolute atomic E-state index is 0.0102. The molecule has 0 spiro atoms. The van der Waals surface area contributed by atoms with Crippen molar-refractivity contribution in [2.45, 2.75) is 32.9 Å². The molecule has 2 aromatic heterocycles. The third-order valence-electron chi connectivity index (χ3n) is 3.78. The van der Waals surface area contributed by atoms with Crippen LogP contribution in [0.5, 0.6) is 0 Å². The van der Waals surface area contributed by atoms with Crippen LogP contribution in [0.3, 0.4) is 0 Å². The number of aryl methyl sites for hydroxylation is 2.